The maximum Gasteiger partial charge on any atom is 0.426 e. The van der Waals surface area contributed by atoms with Gasteiger partial charge in [-0.1, -0.05) is 6.08 Å². The lowest BCUT2D eigenvalue weighted by molar-refractivity contribution is 0.0522. The van der Waals surface area contributed by atoms with Crippen LogP contribution in [0.5, 0.6) is 0 Å². The number of anilines is 1. The second kappa shape index (κ2) is 6.79. The third kappa shape index (κ3) is 5.96. The molecule has 0 heterocycles. The molecule has 0 spiro atoms. The van der Waals surface area contributed by atoms with Crippen LogP contribution in [0.15, 0.2) is 36.9 Å². The van der Waals surface area contributed by atoms with Gasteiger partial charge in [-0.05, 0) is 67.6 Å². The average Bonchev–Trinajstić information content (AvgIpc) is 2.27. The summed E-state index contributed by atoms with van der Waals surface area (Å²) in [4.78, 5) is 11.8. The summed E-state index contributed by atoms with van der Waals surface area (Å²) in [5.74, 6) is 0. The zero-order valence-electron chi connectivity index (χ0n) is 11.4. The molecule has 1 amide bonds. The van der Waals surface area contributed by atoms with Crippen LogP contribution in [0.25, 0.3) is 0 Å². The smallest absolute Gasteiger partial charge is 0.426 e. The molecule has 0 saturated heterocycles. The maximum atomic E-state index is 11.8. The lowest BCUT2D eigenvalue weighted by Gasteiger charge is -2.26. The topological polar surface area (TPSA) is 41.6 Å². The SMILES string of the molecule is C=CCN(NC(=O)OC(C)(C)C)c1ccc(I)cc1. The molecule has 0 atom stereocenters. The van der Waals surface area contributed by atoms with Crippen LogP contribution in [0, 0.1) is 3.57 Å². The van der Waals surface area contributed by atoms with E-state index >= 15 is 0 Å². The van der Waals surface area contributed by atoms with Gasteiger partial charge in [-0.15, -0.1) is 6.58 Å². The van der Waals surface area contributed by atoms with E-state index in [4.69, 9.17) is 4.74 Å². The van der Waals surface area contributed by atoms with E-state index < -0.39 is 11.7 Å². The number of rotatable bonds is 4. The van der Waals surface area contributed by atoms with E-state index in [1.165, 1.54) is 0 Å². The van der Waals surface area contributed by atoms with Gasteiger partial charge in [0, 0.05) is 3.57 Å². The standard InChI is InChI=1S/C14H19IN2O2/c1-5-10-17(12-8-6-11(15)7-9-12)16-13(18)19-14(2,3)4/h5-9H,1,10H2,2-4H3,(H,16,18). The molecule has 1 N–H and O–H groups in total. The molecule has 0 aliphatic rings. The number of benzene rings is 1. The molecule has 4 nitrogen and oxygen atoms in total. The van der Waals surface area contributed by atoms with E-state index in [2.05, 4.69) is 34.6 Å². The number of carbonyl (C=O) groups excluding carboxylic acids is 1. The first-order valence-corrected chi connectivity index (χ1v) is 7.03. The predicted molar refractivity (Wildman–Crippen MR) is 86.1 cm³/mol. The minimum Gasteiger partial charge on any atom is -0.443 e. The van der Waals surface area contributed by atoms with Crippen molar-refractivity contribution in [1.29, 1.82) is 0 Å². The summed E-state index contributed by atoms with van der Waals surface area (Å²) >= 11 is 2.23. The predicted octanol–water partition coefficient (Wildman–Crippen LogP) is 3.72. The zero-order valence-corrected chi connectivity index (χ0v) is 13.6. The summed E-state index contributed by atoms with van der Waals surface area (Å²) < 4.78 is 6.37. The Morgan fingerprint density at radius 2 is 2.00 bits per heavy atom. The molecule has 0 radical (unpaired) electrons. The monoisotopic (exact) mass is 374 g/mol. The Hall–Kier alpha value is -1.24. The Morgan fingerprint density at radius 1 is 1.42 bits per heavy atom. The van der Waals surface area contributed by atoms with E-state index in [1.54, 1.807) is 11.1 Å². The summed E-state index contributed by atoms with van der Waals surface area (Å²) in [6.07, 6.45) is 1.24. The van der Waals surface area contributed by atoms with Gasteiger partial charge in [0.05, 0.1) is 12.2 Å². The van der Waals surface area contributed by atoms with Gasteiger partial charge in [0.25, 0.3) is 0 Å². The van der Waals surface area contributed by atoms with Crippen LogP contribution >= 0.6 is 22.6 Å². The first-order chi connectivity index (χ1) is 8.81. The van der Waals surface area contributed by atoms with E-state index in [1.807, 2.05) is 45.0 Å². The summed E-state index contributed by atoms with van der Waals surface area (Å²) in [5.41, 5.74) is 3.07. The van der Waals surface area contributed by atoms with Crippen LogP contribution in [0.2, 0.25) is 0 Å². The number of ether oxygens (including phenoxy) is 1. The molecule has 1 aromatic carbocycles. The van der Waals surface area contributed by atoms with Crippen molar-refractivity contribution in [3.8, 4) is 0 Å². The van der Waals surface area contributed by atoms with Crippen molar-refractivity contribution >= 4 is 34.4 Å². The quantitative estimate of drug-likeness (QED) is 0.496. The first kappa shape index (κ1) is 15.8. The number of nitrogens with one attached hydrogen (secondary N) is 1. The molecule has 1 rings (SSSR count). The lowest BCUT2D eigenvalue weighted by atomic mass is 10.2. The highest BCUT2D eigenvalue weighted by Crippen LogP contribution is 2.15. The van der Waals surface area contributed by atoms with Crippen LogP contribution in [-0.4, -0.2) is 18.2 Å². The van der Waals surface area contributed by atoms with Crippen molar-refractivity contribution in [2.75, 3.05) is 11.6 Å². The van der Waals surface area contributed by atoms with Crippen molar-refractivity contribution in [3.05, 3.63) is 40.5 Å². The van der Waals surface area contributed by atoms with Gasteiger partial charge in [-0.25, -0.2) is 10.2 Å². The van der Waals surface area contributed by atoms with Gasteiger partial charge in [-0.3, -0.25) is 5.01 Å². The molecular weight excluding hydrogens is 355 g/mol. The zero-order chi connectivity index (χ0) is 14.5. The molecule has 0 fully saturated rings. The number of amides is 1. The Labute approximate surface area is 127 Å². The second-order valence-electron chi connectivity index (χ2n) is 4.99. The van der Waals surface area contributed by atoms with E-state index in [0.29, 0.717) is 6.54 Å². The molecule has 0 saturated carbocycles. The molecule has 19 heavy (non-hydrogen) atoms. The largest absolute Gasteiger partial charge is 0.443 e. The Bertz CT molecular complexity index is 438. The molecule has 5 heteroatoms. The van der Waals surface area contributed by atoms with E-state index in [9.17, 15) is 4.79 Å². The summed E-state index contributed by atoms with van der Waals surface area (Å²) in [7, 11) is 0. The average molecular weight is 374 g/mol. The van der Waals surface area contributed by atoms with Gasteiger partial charge in [0.2, 0.25) is 0 Å². The van der Waals surface area contributed by atoms with Crippen molar-refractivity contribution in [1.82, 2.24) is 5.43 Å². The molecule has 0 bridgehead atoms. The van der Waals surface area contributed by atoms with Crippen LogP contribution in [-0.2, 0) is 4.74 Å². The van der Waals surface area contributed by atoms with Crippen molar-refractivity contribution in [3.63, 3.8) is 0 Å². The number of hydrazine groups is 1. The number of hydrogen-bond donors (Lipinski definition) is 1. The summed E-state index contributed by atoms with van der Waals surface area (Å²) in [6.45, 7) is 9.68. The maximum absolute atomic E-state index is 11.8. The van der Waals surface area contributed by atoms with Crippen molar-refractivity contribution < 1.29 is 9.53 Å². The molecule has 0 unspecified atom stereocenters. The van der Waals surface area contributed by atoms with Crippen LogP contribution in [0.1, 0.15) is 20.8 Å². The first-order valence-electron chi connectivity index (χ1n) is 5.95. The fraction of sp³-hybridized carbons (Fsp3) is 0.357. The summed E-state index contributed by atoms with van der Waals surface area (Å²) in [5, 5.41) is 1.69. The van der Waals surface area contributed by atoms with Crippen molar-refractivity contribution in [2.24, 2.45) is 0 Å². The van der Waals surface area contributed by atoms with Crippen LogP contribution in [0.3, 0.4) is 0 Å². The minimum absolute atomic E-state index is 0.479. The third-order valence-corrected chi connectivity index (χ3v) is 2.79. The fourth-order valence-corrected chi connectivity index (χ4v) is 1.74. The van der Waals surface area contributed by atoms with E-state index in [0.717, 1.165) is 9.26 Å². The molecule has 0 aliphatic heterocycles. The van der Waals surface area contributed by atoms with Gasteiger partial charge >= 0.3 is 6.09 Å². The normalized spacial score (nSPS) is 10.7. The van der Waals surface area contributed by atoms with E-state index in [-0.39, 0.29) is 0 Å². The number of carbonyl (C=O) groups is 1. The molecule has 0 aliphatic carbocycles. The number of hydrogen-bond acceptors (Lipinski definition) is 3. The molecular formula is C14H19IN2O2. The minimum atomic E-state index is -0.518. The van der Waals surface area contributed by atoms with Gasteiger partial charge in [-0.2, -0.15) is 0 Å². The van der Waals surface area contributed by atoms with Gasteiger partial charge < -0.3 is 4.74 Å². The van der Waals surface area contributed by atoms with Crippen molar-refractivity contribution in [2.45, 2.75) is 26.4 Å². The highest BCUT2D eigenvalue weighted by Gasteiger charge is 2.18. The third-order valence-electron chi connectivity index (χ3n) is 2.08. The highest BCUT2D eigenvalue weighted by atomic mass is 127. The molecule has 104 valence electrons. The molecule has 0 aromatic heterocycles. The Balaban J connectivity index is 2.75. The Kier molecular flexibility index (Phi) is 5.65. The summed E-state index contributed by atoms with van der Waals surface area (Å²) in [6, 6.07) is 7.82. The molecule has 1 aromatic rings. The van der Waals surface area contributed by atoms with Crippen LogP contribution < -0.4 is 10.4 Å². The van der Waals surface area contributed by atoms with Gasteiger partial charge in [0.1, 0.15) is 5.60 Å². The number of nitrogens with zero attached hydrogens (tertiary/aromatic N) is 1. The Morgan fingerprint density at radius 3 is 2.47 bits per heavy atom. The fourth-order valence-electron chi connectivity index (χ4n) is 1.38. The number of halogens is 1. The van der Waals surface area contributed by atoms with Gasteiger partial charge in [0.15, 0.2) is 0 Å². The highest BCUT2D eigenvalue weighted by molar-refractivity contribution is 14.1. The lowest BCUT2D eigenvalue weighted by Crippen LogP contribution is -2.45. The van der Waals surface area contributed by atoms with Crippen LogP contribution in [0.4, 0.5) is 10.5 Å². The second-order valence-corrected chi connectivity index (χ2v) is 6.24.